The lowest BCUT2D eigenvalue weighted by molar-refractivity contribution is -0.141. The molecule has 128 valence electrons. The van der Waals surface area contributed by atoms with Crippen molar-refractivity contribution in [2.45, 2.75) is 24.4 Å². The summed E-state index contributed by atoms with van der Waals surface area (Å²) >= 11 is 8.17. The topological polar surface area (TPSA) is 74.7 Å². The molecule has 2 aromatic rings. The summed E-state index contributed by atoms with van der Waals surface area (Å²) in [4.78, 5) is 11.5. The number of carbonyl (C=O) groups is 1. The Balaban J connectivity index is 2.48. The van der Waals surface area contributed by atoms with E-state index >= 15 is 0 Å². The molecule has 0 saturated carbocycles. The molecule has 0 spiro atoms. The Morgan fingerprint density at radius 2 is 1.79 bits per heavy atom. The van der Waals surface area contributed by atoms with Gasteiger partial charge in [0.2, 0.25) is 10.0 Å². The molecule has 0 bridgehead atoms. The Morgan fingerprint density at radius 3 is 2.33 bits per heavy atom. The van der Waals surface area contributed by atoms with E-state index in [1.165, 1.54) is 19.1 Å². The minimum atomic E-state index is -3.99. The zero-order valence-electron chi connectivity index (χ0n) is 12.7. The highest BCUT2D eigenvalue weighted by atomic mass is 127. The molecule has 0 saturated heterocycles. The summed E-state index contributed by atoms with van der Waals surface area (Å²) in [6.45, 7) is 1.21. The quantitative estimate of drug-likeness (QED) is 0.643. The van der Waals surface area contributed by atoms with Crippen LogP contribution in [0.15, 0.2) is 53.4 Å². The van der Waals surface area contributed by atoms with Crippen molar-refractivity contribution in [3.8, 4) is 0 Å². The van der Waals surface area contributed by atoms with Gasteiger partial charge in [0, 0.05) is 15.1 Å². The van der Waals surface area contributed by atoms with Gasteiger partial charge in [0.25, 0.3) is 0 Å². The first-order chi connectivity index (χ1) is 11.2. The van der Waals surface area contributed by atoms with Gasteiger partial charge in [-0.15, -0.1) is 0 Å². The summed E-state index contributed by atoms with van der Waals surface area (Å²) in [5.74, 6) is -1.23. The summed E-state index contributed by atoms with van der Waals surface area (Å²) in [5.41, 5.74) is 0.543. The zero-order chi connectivity index (χ0) is 17.9. The molecule has 2 aromatic carbocycles. The van der Waals surface area contributed by atoms with Crippen molar-refractivity contribution in [3.63, 3.8) is 0 Å². The number of hydrogen-bond donors (Lipinski definition) is 1. The van der Waals surface area contributed by atoms with Gasteiger partial charge in [-0.1, -0.05) is 29.8 Å². The highest BCUT2D eigenvalue weighted by molar-refractivity contribution is 14.1. The second-order valence-corrected chi connectivity index (χ2v) is 8.65. The van der Waals surface area contributed by atoms with E-state index in [2.05, 4.69) is 22.6 Å². The molecule has 0 fully saturated rings. The van der Waals surface area contributed by atoms with Crippen molar-refractivity contribution in [1.82, 2.24) is 4.31 Å². The Kier molecular flexibility index (Phi) is 6.24. The average Bonchev–Trinajstić information content (AvgIpc) is 2.53. The largest absolute Gasteiger partial charge is 0.480 e. The number of carboxylic acids is 1. The van der Waals surface area contributed by atoms with Crippen LogP contribution in [0.2, 0.25) is 5.02 Å². The van der Waals surface area contributed by atoms with Gasteiger partial charge in [0.15, 0.2) is 0 Å². The number of rotatable bonds is 6. The maximum Gasteiger partial charge on any atom is 0.321 e. The molecule has 0 aliphatic carbocycles. The Labute approximate surface area is 159 Å². The molecule has 0 aliphatic heterocycles. The summed E-state index contributed by atoms with van der Waals surface area (Å²) in [7, 11) is -3.99. The van der Waals surface area contributed by atoms with Gasteiger partial charge in [0.1, 0.15) is 6.04 Å². The number of benzene rings is 2. The molecule has 5 nitrogen and oxygen atoms in total. The van der Waals surface area contributed by atoms with Crippen LogP contribution in [0.1, 0.15) is 12.5 Å². The SMILES string of the molecule is CC(C(=O)O)N(Cc1ccccc1Cl)S(=O)(=O)c1ccc(I)cc1. The molecule has 1 unspecified atom stereocenters. The Bertz CT molecular complexity index is 839. The van der Waals surface area contributed by atoms with Crippen molar-refractivity contribution in [1.29, 1.82) is 0 Å². The number of carboxylic acid groups (broad SMARTS) is 1. The molecule has 0 aliphatic rings. The van der Waals surface area contributed by atoms with Crippen LogP contribution >= 0.6 is 34.2 Å². The van der Waals surface area contributed by atoms with Crippen LogP contribution in [0.3, 0.4) is 0 Å². The van der Waals surface area contributed by atoms with E-state index in [1.807, 2.05) is 0 Å². The molecule has 0 radical (unpaired) electrons. The highest BCUT2D eigenvalue weighted by Crippen LogP contribution is 2.25. The van der Waals surface area contributed by atoms with Crippen LogP contribution < -0.4 is 0 Å². The van der Waals surface area contributed by atoms with E-state index in [0.717, 1.165) is 7.88 Å². The summed E-state index contributed by atoms with van der Waals surface area (Å²) in [6.07, 6.45) is 0. The van der Waals surface area contributed by atoms with E-state index in [9.17, 15) is 18.3 Å². The fraction of sp³-hybridized carbons (Fsp3) is 0.188. The van der Waals surface area contributed by atoms with Gasteiger partial charge in [-0.25, -0.2) is 8.42 Å². The van der Waals surface area contributed by atoms with E-state index in [0.29, 0.717) is 10.6 Å². The van der Waals surface area contributed by atoms with Gasteiger partial charge in [0.05, 0.1) is 4.90 Å². The molecule has 2 rings (SSSR count). The summed E-state index contributed by atoms with van der Waals surface area (Å²) in [6, 6.07) is 11.8. The van der Waals surface area contributed by atoms with Gasteiger partial charge in [-0.3, -0.25) is 4.79 Å². The highest BCUT2D eigenvalue weighted by Gasteiger charge is 2.33. The van der Waals surface area contributed by atoms with Crippen LogP contribution in [0, 0.1) is 3.57 Å². The molecule has 1 atom stereocenters. The van der Waals surface area contributed by atoms with Crippen LogP contribution in [-0.2, 0) is 21.4 Å². The maximum atomic E-state index is 12.9. The maximum absolute atomic E-state index is 12.9. The Morgan fingerprint density at radius 1 is 1.21 bits per heavy atom. The van der Waals surface area contributed by atoms with Gasteiger partial charge in [-0.05, 0) is 65.4 Å². The molecule has 0 aromatic heterocycles. The third-order valence-electron chi connectivity index (χ3n) is 3.49. The summed E-state index contributed by atoms with van der Waals surface area (Å²) < 4.78 is 27.7. The number of halogens is 2. The predicted octanol–water partition coefficient (Wildman–Crippen LogP) is 3.61. The number of sulfonamides is 1. The predicted molar refractivity (Wildman–Crippen MR) is 100 cm³/mol. The van der Waals surface area contributed by atoms with Gasteiger partial charge < -0.3 is 5.11 Å². The van der Waals surface area contributed by atoms with Crippen molar-refractivity contribution in [2.24, 2.45) is 0 Å². The van der Waals surface area contributed by atoms with Crippen LogP contribution in [0.5, 0.6) is 0 Å². The van der Waals surface area contributed by atoms with Crippen molar-refractivity contribution < 1.29 is 18.3 Å². The first-order valence-corrected chi connectivity index (χ1v) is 9.87. The molecule has 8 heteroatoms. The smallest absolute Gasteiger partial charge is 0.321 e. The van der Waals surface area contributed by atoms with Crippen molar-refractivity contribution >= 4 is 50.2 Å². The standard InChI is InChI=1S/C16H15ClINO4S/c1-11(16(20)21)19(10-12-4-2-3-5-15(12)17)24(22,23)14-8-6-13(18)7-9-14/h2-9,11H,10H2,1H3,(H,20,21). The first-order valence-electron chi connectivity index (χ1n) is 6.97. The Hall–Kier alpha value is -1.16. The second-order valence-electron chi connectivity index (χ2n) is 5.11. The molecular formula is C16H15ClINO4S. The lowest BCUT2D eigenvalue weighted by Gasteiger charge is -2.26. The third kappa shape index (κ3) is 4.27. The molecule has 24 heavy (non-hydrogen) atoms. The lowest BCUT2D eigenvalue weighted by Crippen LogP contribution is -2.42. The monoisotopic (exact) mass is 479 g/mol. The fourth-order valence-corrected chi connectivity index (χ4v) is 4.21. The van der Waals surface area contributed by atoms with Crippen LogP contribution in [0.4, 0.5) is 0 Å². The molecule has 0 heterocycles. The molecule has 1 N–H and O–H groups in total. The van der Waals surface area contributed by atoms with E-state index in [-0.39, 0.29) is 11.4 Å². The summed E-state index contributed by atoms with van der Waals surface area (Å²) in [5, 5.41) is 9.70. The normalized spacial score (nSPS) is 13.0. The average molecular weight is 480 g/mol. The lowest BCUT2D eigenvalue weighted by atomic mass is 10.2. The van der Waals surface area contributed by atoms with E-state index in [1.54, 1.807) is 36.4 Å². The van der Waals surface area contributed by atoms with Crippen molar-refractivity contribution in [3.05, 3.63) is 62.7 Å². The van der Waals surface area contributed by atoms with Gasteiger partial charge >= 0.3 is 5.97 Å². The van der Waals surface area contributed by atoms with Crippen LogP contribution in [-0.4, -0.2) is 29.8 Å². The minimum Gasteiger partial charge on any atom is -0.480 e. The van der Waals surface area contributed by atoms with Crippen LogP contribution in [0.25, 0.3) is 0 Å². The molecule has 0 amide bonds. The van der Waals surface area contributed by atoms with E-state index in [4.69, 9.17) is 11.6 Å². The minimum absolute atomic E-state index is 0.0445. The first kappa shape index (κ1) is 19.2. The van der Waals surface area contributed by atoms with Gasteiger partial charge in [-0.2, -0.15) is 4.31 Å². The number of hydrogen-bond acceptors (Lipinski definition) is 3. The van der Waals surface area contributed by atoms with Crippen molar-refractivity contribution in [2.75, 3.05) is 0 Å². The van der Waals surface area contributed by atoms with E-state index < -0.39 is 22.0 Å². The number of nitrogens with zero attached hydrogens (tertiary/aromatic N) is 1. The third-order valence-corrected chi connectivity index (χ3v) is 6.51. The fourth-order valence-electron chi connectivity index (χ4n) is 2.09. The molecular weight excluding hydrogens is 465 g/mol. The zero-order valence-corrected chi connectivity index (χ0v) is 16.4. The second kappa shape index (κ2) is 7.81. The number of aliphatic carboxylic acids is 1.